The van der Waals surface area contributed by atoms with Crippen LogP contribution < -0.4 is 0 Å². The normalized spacial score (nSPS) is 22.3. The molecule has 0 aromatic carbocycles. The van der Waals surface area contributed by atoms with Crippen LogP contribution in [0.3, 0.4) is 0 Å². The first-order valence-corrected chi connectivity index (χ1v) is 8.25. The van der Waals surface area contributed by atoms with Gasteiger partial charge < -0.3 is 9.42 Å². The number of hydrogen-bond donors (Lipinski definition) is 0. The number of nitrogens with zero attached hydrogens (tertiary/aromatic N) is 5. The third-order valence-corrected chi connectivity index (χ3v) is 5.03. The van der Waals surface area contributed by atoms with Crippen LogP contribution in [0.5, 0.6) is 0 Å². The molecule has 6 nitrogen and oxygen atoms in total. The van der Waals surface area contributed by atoms with Crippen molar-refractivity contribution in [1.29, 1.82) is 0 Å². The van der Waals surface area contributed by atoms with Crippen molar-refractivity contribution < 1.29 is 4.52 Å². The molecule has 3 heterocycles. The summed E-state index contributed by atoms with van der Waals surface area (Å²) in [7, 11) is 6.34. The Morgan fingerprint density at radius 3 is 2.70 bits per heavy atom. The van der Waals surface area contributed by atoms with Crippen molar-refractivity contribution in [2.24, 2.45) is 7.05 Å². The summed E-state index contributed by atoms with van der Waals surface area (Å²) in [6.45, 7) is 6.06. The highest BCUT2D eigenvalue weighted by Gasteiger charge is 2.36. The second-order valence-electron chi connectivity index (χ2n) is 6.89. The Morgan fingerprint density at radius 1 is 1.35 bits per heavy atom. The van der Waals surface area contributed by atoms with Gasteiger partial charge >= 0.3 is 0 Å². The zero-order chi connectivity index (χ0) is 16.6. The minimum atomic E-state index is 0.489. The van der Waals surface area contributed by atoms with Crippen LogP contribution in [0.15, 0.2) is 16.9 Å². The van der Waals surface area contributed by atoms with E-state index in [0.29, 0.717) is 12.1 Å². The molecule has 1 fully saturated rings. The molecule has 2 aromatic rings. The standard InChI is InChI=1S/C17H27N5O/c1-12-15(13(2)23-19-12)11-22-7-6-16(20(3)4)17(22)8-14-9-18-21(5)10-14/h9-10,16-17H,6-8,11H2,1-5H3/t16-,17+/m1/s1. The van der Waals surface area contributed by atoms with Gasteiger partial charge in [0.2, 0.25) is 0 Å². The monoisotopic (exact) mass is 317 g/mol. The second-order valence-corrected chi connectivity index (χ2v) is 6.89. The van der Waals surface area contributed by atoms with Crippen LogP contribution in [0.4, 0.5) is 0 Å². The number of likely N-dealkylation sites (N-methyl/N-ethyl adjacent to an activating group) is 1. The second kappa shape index (κ2) is 6.45. The Kier molecular flexibility index (Phi) is 4.55. The third-order valence-electron chi connectivity index (χ3n) is 5.03. The number of hydrogen-bond acceptors (Lipinski definition) is 5. The first kappa shape index (κ1) is 16.2. The molecule has 0 unspecified atom stereocenters. The van der Waals surface area contributed by atoms with Crippen molar-refractivity contribution in [3.63, 3.8) is 0 Å². The van der Waals surface area contributed by atoms with Crippen molar-refractivity contribution in [2.75, 3.05) is 20.6 Å². The van der Waals surface area contributed by atoms with Gasteiger partial charge in [0.05, 0.1) is 11.9 Å². The van der Waals surface area contributed by atoms with Crippen LogP contribution in [0.1, 0.15) is 29.0 Å². The van der Waals surface area contributed by atoms with Crippen molar-refractivity contribution >= 4 is 0 Å². The fourth-order valence-corrected chi connectivity index (χ4v) is 3.71. The van der Waals surface area contributed by atoms with E-state index < -0.39 is 0 Å². The first-order valence-electron chi connectivity index (χ1n) is 8.25. The fourth-order valence-electron chi connectivity index (χ4n) is 3.71. The van der Waals surface area contributed by atoms with E-state index in [1.54, 1.807) is 0 Å². The lowest BCUT2D eigenvalue weighted by Crippen LogP contribution is -2.43. The Balaban J connectivity index is 1.80. The van der Waals surface area contributed by atoms with Crippen LogP contribution in [0, 0.1) is 13.8 Å². The highest BCUT2D eigenvalue weighted by molar-refractivity contribution is 5.21. The van der Waals surface area contributed by atoms with Crippen LogP contribution in [0.25, 0.3) is 0 Å². The first-order chi connectivity index (χ1) is 11.0. The largest absolute Gasteiger partial charge is 0.361 e. The predicted octanol–water partition coefficient (Wildman–Crippen LogP) is 1.77. The van der Waals surface area contributed by atoms with Crippen LogP contribution in [-0.2, 0) is 20.0 Å². The van der Waals surface area contributed by atoms with E-state index in [1.807, 2.05) is 31.8 Å². The average Bonchev–Trinajstić information content (AvgIpc) is 3.16. The van der Waals surface area contributed by atoms with Gasteiger partial charge in [0.1, 0.15) is 5.76 Å². The summed E-state index contributed by atoms with van der Waals surface area (Å²) in [5.74, 6) is 0.941. The molecule has 3 rings (SSSR count). The van der Waals surface area contributed by atoms with Gasteiger partial charge in [0, 0.05) is 44.0 Å². The zero-order valence-corrected chi connectivity index (χ0v) is 14.8. The molecule has 0 spiro atoms. The van der Waals surface area contributed by atoms with Gasteiger partial charge in [-0.2, -0.15) is 5.10 Å². The van der Waals surface area contributed by atoms with E-state index in [0.717, 1.165) is 31.0 Å². The summed E-state index contributed by atoms with van der Waals surface area (Å²) in [5, 5.41) is 8.42. The van der Waals surface area contributed by atoms with E-state index in [2.05, 4.69) is 40.3 Å². The van der Waals surface area contributed by atoms with Crippen molar-refractivity contribution in [1.82, 2.24) is 24.7 Å². The van der Waals surface area contributed by atoms with E-state index in [1.165, 1.54) is 17.5 Å². The molecule has 0 N–H and O–H groups in total. The summed E-state index contributed by atoms with van der Waals surface area (Å²) in [6, 6.07) is 1.05. The Hall–Kier alpha value is -1.66. The quantitative estimate of drug-likeness (QED) is 0.841. The van der Waals surface area contributed by atoms with Gasteiger partial charge in [-0.1, -0.05) is 5.16 Å². The SMILES string of the molecule is Cc1noc(C)c1CN1CC[C@@H](N(C)C)[C@@H]1Cc1cnn(C)c1. The smallest absolute Gasteiger partial charge is 0.138 e. The summed E-state index contributed by atoms with van der Waals surface area (Å²) in [5.41, 5.74) is 3.55. The summed E-state index contributed by atoms with van der Waals surface area (Å²) < 4.78 is 7.22. The van der Waals surface area contributed by atoms with Gasteiger partial charge in [0.15, 0.2) is 0 Å². The summed E-state index contributed by atoms with van der Waals surface area (Å²) >= 11 is 0. The number of aromatic nitrogens is 3. The predicted molar refractivity (Wildman–Crippen MR) is 89.2 cm³/mol. The zero-order valence-electron chi connectivity index (χ0n) is 14.8. The maximum Gasteiger partial charge on any atom is 0.138 e. The molecule has 0 amide bonds. The molecule has 6 heteroatoms. The van der Waals surface area contributed by atoms with Crippen molar-refractivity contribution in [3.8, 4) is 0 Å². The molecule has 2 atom stereocenters. The lowest BCUT2D eigenvalue weighted by atomic mass is 10.0. The van der Waals surface area contributed by atoms with Gasteiger partial charge in [-0.3, -0.25) is 9.58 Å². The maximum atomic E-state index is 5.34. The third kappa shape index (κ3) is 3.33. The topological polar surface area (TPSA) is 50.3 Å². The van der Waals surface area contributed by atoms with E-state index in [-0.39, 0.29) is 0 Å². The van der Waals surface area contributed by atoms with Crippen molar-refractivity contribution in [3.05, 3.63) is 35.0 Å². The molecular weight excluding hydrogens is 290 g/mol. The van der Waals surface area contributed by atoms with Crippen LogP contribution in [-0.4, -0.2) is 57.5 Å². The minimum Gasteiger partial charge on any atom is -0.361 e. The summed E-state index contributed by atoms with van der Waals surface area (Å²) in [6.07, 6.45) is 6.33. The van der Waals surface area contributed by atoms with Crippen LogP contribution in [0.2, 0.25) is 0 Å². The maximum absolute atomic E-state index is 5.34. The highest BCUT2D eigenvalue weighted by Crippen LogP contribution is 2.28. The van der Waals surface area contributed by atoms with Gasteiger partial charge in [0.25, 0.3) is 0 Å². The molecule has 23 heavy (non-hydrogen) atoms. The molecular formula is C17H27N5O. The Bertz CT molecular complexity index is 640. The molecule has 1 aliphatic heterocycles. The average molecular weight is 317 g/mol. The number of rotatable bonds is 5. The van der Waals surface area contributed by atoms with Crippen molar-refractivity contribution in [2.45, 2.75) is 45.3 Å². The van der Waals surface area contributed by atoms with E-state index in [4.69, 9.17) is 4.52 Å². The lowest BCUT2D eigenvalue weighted by molar-refractivity contribution is 0.177. The number of likely N-dealkylation sites (tertiary alicyclic amines) is 1. The summed E-state index contributed by atoms with van der Waals surface area (Å²) in [4.78, 5) is 4.93. The number of aryl methyl sites for hydroxylation is 3. The molecule has 1 saturated heterocycles. The molecule has 126 valence electrons. The molecule has 2 aromatic heterocycles. The minimum absolute atomic E-state index is 0.489. The van der Waals surface area contributed by atoms with Gasteiger partial charge in [-0.25, -0.2) is 0 Å². The molecule has 0 saturated carbocycles. The van der Waals surface area contributed by atoms with Gasteiger partial charge in [-0.15, -0.1) is 0 Å². The molecule has 0 bridgehead atoms. The van der Waals surface area contributed by atoms with E-state index >= 15 is 0 Å². The lowest BCUT2D eigenvalue weighted by Gasteiger charge is -2.31. The fraction of sp³-hybridized carbons (Fsp3) is 0.647. The van der Waals surface area contributed by atoms with E-state index in [9.17, 15) is 0 Å². The molecule has 0 radical (unpaired) electrons. The highest BCUT2D eigenvalue weighted by atomic mass is 16.5. The molecule has 0 aliphatic carbocycles. The van der Waals surface area contributed by atoms with Crippen LogP contribution >= 0.6 is 0 Å². The Labute approximate surface area is 138 Å². The Morgan fingerprint density at radius 2 is 2.13 bits per heavy atom. The molecule has 1 aliphatic rings. The van der Waals surface area contributed by atoms with Gasteiger partial charge in [-0.05, 0) is 46.3 Å².